The Bertz CT molecular complexity index is 911. The van der Waals surface area contributed by atoms with E-state index in [1.54, 1.807) is 31.2 Å². The molecular formula is C16H15ClFN5O. The minimum Gasteiger partial charge on any atom is -0.382 e. The SMILES string of the molecule is C[C@H](NC(=O)Nc1ccc2[nH]nc(N)c2c1)c1ccc(F)c(Cl)c1. The molecule has 0 radical (unpaired) electrons. The van der Waals surface area contributed by atoms with Crippen molar-refractivity contribution in [2.45, 2.75) is 13.0 Å². The van der Waals surface area contributed by atoms with E-state index in [0.29, 0.717) is 17.1 Å². The molecule has 0 saturated carbocycles. The average molecular weight is 348 g/mol. The van der Waals surface area contributed by atoms with Gasteiger partial charge in [-0.2, -0.15) is 5.10 Å². The van der Waals surface area contributed by atoms with E-state index in [1.165, 1.54) is 12.1 Å². The van der Waals surface area contributed by atoms with Gasteiger partial charge in [0.1, 0.15) is 5.82 Å². The highest BCUT2D eigenvalue weighted by molar-refractivity contribution is 6.30. The van der Waals surface area contributed by atoms with Gasteiger partial charge in [-0.15, -0.1) is 0 Å². The first kappa shape index (κ1) is 16.1. The van der Waals surface area contributed by atoms with E-state index in [2.05, 4.69) is 20.8 Å². The molecule has 0 spiro atoms. The number of nitrogens with two attached hydrogens (primary N) is 1. The number of aromatic nitrogens is 2. The number of hydrogen-bond acceptors (Lipinski definition) is 3. The summed E-state index contributed by atoms with van der Waals surface area (Å²) >= 11 is 5.76. The Morgan fingerprint density at radius 1 is 1.33 bits per heavy atom. The fraction of sp³-hybridized carbons (Fsp3) is 0.125. The minimum atomic E-state index is -0.497. The van der Waals surface area contributed by atoms with Crippen LogP contribution in [0.1, 0.15) is 18.5 Å². The molecule has 1 atom stereocenters. The van der Waals surface area contributed by atoms with Crippen molar-refractivity contribution in [3.63, 3.8) is 0 Å². The maximum absolute atomic E-state index is 13.2. The lowest BCUT2D eigenvalue weighted by atomic mass is 10.1. The summed E-state index contributed by atoms with van der Waals surface area (Å²) in [5.41, 5.74) is 7.81. The van der Waals surface area contributed by atoms with Crippen molar-refractivity contribution >= 4 is 40.0 Å². The number of amides is 2. The van der Waals surface area contributed by atoms with Gasteiger partial charge in [-0.3, -0.25) is 5.10 Å². The van der Waals surface area contributed by atoms with Gasteiger partial charge < -0.3 is 16.4 Å². The molecule has 1 heterocycles. The number of nitrogens with one attached hydrogen (secondary N) is 3. The molecule has 124 valence electrons. The fourth-order valence-corrected chi connectivity index (χ4v) is 2.53. The summed E-state index contributed by atoms with van der Waals surface area (Å²) in [5, 5.41) is 12.9. The number of carbonyl (C=O) groups excluding carboxylic acids is 1. The predicted molar refractivity (Wildman–Crippen MR) is 92.5 cm³/mol. The van der Waals surface area contributed by atoms with Crippen molar-refractivity contribution in [3.05, 3.63) is 52.8 Å². The van der Waals surface area contributed by atoms with Gasteiger partial charge in [0.15, 0.2) is 5.82 Å². The lowest BCUT2D eigenvalue weighted by molar-refractivity contribution is 0.249. The van der Waals surface area contributed by atoms with Crippen LogP contribution in [0.2, 0.25) is 5.02 Å². The molecule has 2 aromatic carbocycles. The molecule has 8 heteroatoms. The Hall–Kier alpha value is -2.80. The maximum Gasteiger partial charge on any atom is 0.319 e. The largest absolute Gasteiger partial charge is 0.382 e. The van der Waals surface area contributed by atoms with Crippen LogP contribution in [0.25, 0.3) is 10.9 Å². The van der Waals surface area contributed by atoms with Crippen molar-refractivity contribution in [2.24, 2.45) is 0 Å². The van der Waals surface area contributed by atoms with Gasteiger partial charge >= 0.3 is 6.03 Å². The number of nitrogens with zero attached hydrogens (tertiary/aromatic N) is 1. The van der Waals surface area contributed by atoms with Crippen LogP contribution < -0.4 is 16.4 Å². The highest BCUT2D eigenvalue weighted by atomic mass is 35.5. The van der Waals surface area contributed by atoms with E-state index in [4.69, 9.17) is 17.3 Å². The third-order valence-electron chi connectivity index (χ3n) is 3.64. The molecule has 1 aromatic heterocycles. The highest BCUT2D eigenvalue weighted by Crippen LogP contribution is 2.23. The maximum atomic E-state index is 13.2. The molecule has 5 N–H and O–H groups in total. The Morgan fingerprint density at radius 3 is 2.88 bits per heavy atom. The minimum absolute atomic E-state index is 0.0162. The summed E-state index contributed by atoms with van der Waals surface area (Å²) in [5.74, 6) is -0.133. The predicted octanol–water partition coefficient (Wildman–Crippen LogP) is 3.82. The second kappa shape index (κ2) is 6.37. The molecule has 0 saturated heterocycles. The Labute approximate surface area is 142 Å². The zero-order valence-electron chi connectivity index (χ0n) is 12.7. The van der Waals surface area contributed by atoms with Crippen molar-refractivity contribution in [1.82, 2.24) is 15.5 Å². The van der Waals surface area contributed by atoms with Gasteiger partial charge in [0.05, 0.1) is 16.6 Å². The summed E-state index contributed by atoms with van der Waals surface area (Å²) in [6.45, 7) is 1.78. The molecule has 24 heavy (non-hydrogen) atoms. The molecule has 0 fully saturated rings. The number of nitrogen functional groups attached to an aromatic ring is 1. The van der Waals surface area contributed by atoms with Gasteiger partial charge in [0.25, 0.3) is 0 Å². The number of H-pyrrole nitrogens is 1. The third kappa shape index (κ3) is 3.26. The van der Waals surface area contributed by atoms with Crippen LogP contribution in [-0.4, -0.2) is 16.2 Å². The van der Waals surface area contributed by atoms with Crippen molar-refractivity contribution in [3.8, 4) is 0 Å². The molecule has 0 unspecified atom stereocenters. The fourth-order valence-electron chi connectivity index (χ4n) is 2.34. The van der Waals surface area contributed by atoms with E-state index in [-0.39, 0.29) is 11.1 Å². The molecule has 0 bridgehead atoms. The van der Waals surface area contributed by atoms with Gasteiger partial charge in [0.2, 0.25) is 0 Å². The van der Waals surface area contributed by atoms with Crippen LogP contribution in [0.15, 0.2) is 36.4 Å². The van der Waals surface area contributed by atoms with Crippen molar-refractivity contribution in [2.75, 3.05) is 11.1 Å². The van der Waals surface area contributed by atoms with E-state index in [1.807, 2.05) is 0 Å². The summed E-state index contributed by atoms with van der Waals surface area (Å²) in [7, 11) is 0. The second-order valence-corrected chi connectivity index (χ2v) is 5.77. The molecule has 3 aromatic rings. The smallest absolute Gasteiger partial charge is 0.319 e. The topological polar surface area (TPSA) is 95.8 Å². The first-order valence-corrected chi connectivity index (χ1v) is 7.58. The lowest BCUT2D eigenvalue weighted by Gasteiger charge is -2.15. The van der Waals surface area contributed by atoms with E-state index < -0.39 is 11.8 Å². The highest BCUT2D eigenvalue weighted by Gasteiger charge is 2.12. The molecule has 6 nitrogen and oxygen atoms in total. The first-order chi connectivity index (χ1) is 11.4. The van der Waals surface area contributed by atoms with Gasteiger partial charge in [0, 0.05) is 11.1 Å². The van der Waals surface area contributed by atoms with Gasteiger partial charge in [-0.25, -0.2) is 9.18 Å². The first-order valence-electron chi connectivity index (χ1n) is 7.20. The van der Waals surface area contributed by atoms with Crippen molar-refractivity contribution < 1.29 is 9.18 Å². The van der Waals surface area contributed by atoms with Gasteiger partial charge in [-0.1, -0.05) is 17.7 Å². The van der Waals surface area contributed by atoms with Crippen molar-refractivity contribution in [1.29, 1.82) is 0 Å². The summed E-state index contributed by atoms with van der Waals surface area (Å²) in [6, 6.07) is 8.83. The number of aromatic amines is 1. The van der Waals surface area contributed by atoms with Crippen LogP contribution in [0.5, 0.6) is 0 Å². The Kier molecular flexibility index (Phi) is 4.26. The van der Waals surface area contributed by atoms with Crippen LogP contribution in [0, 0.1) is 5.82 Å². The van der Waals surface area contributed by atoms with E-state index in [9.17, 15) is 9.18 Å². The molecule has 0 aliphatic carbocycles. The molecule has 3 rings (SSSR count). The normalized spacial score (nSPS) is 12.1. The van der Waals surface area contributed by atoms with Gasteiger partial charge in [-0.05, 0) is 42.8 Å². The second-order valence-electron chi connectivity index (χ2n) is 5.36. The number of fused-ring (bicyclic) bond motifs is 1. The van der Waals surface area contributed by atoms with Crippen LogP contribution in [0.3, 0.4) is 0 Å². The number of carbonyl (C=O) groups is 1. The molecule has 0 aliphatic heterocycles. The standard InChI is InChI=1S/C16H15ClFN5O/c1-8(9-2-4-13(18)12(17)6-9)20-16(24)21-10-3-5-14-11(7-10)15(19)23-22-14/h2-8H,1H3,(H3,19,22,23)(H2,20,21,24)/t8-/m0/s1. The monoisotopic (exact) mass is 347 g/mol. The summed E-state index contributed by atoms with van der Waals surface area (Å²) < 4.78 is 13.2. The average Bonchev–Trinajstić information content (AvgIpc) is 2.91. The molecule has 0 aliphatic rings. The zero-order chi connectivity index (χ0) is 17.3. The molecular weight excluding hydrogens is 333 g/mol. The van der Waals surface area contributed by atoms with E-state index in [0.717, 1.165) is 10.9 Å². The van der Waals surface area contributed by atoms with E-state index >= 15 is 0 Å². The Morgan fingerprint density at radius 2 is 2.12 bits per heavy atom. The Balaban J connectivity index is 1.69. The number of benzene rings is 2. The third-order valence-corrected chi connectivity index (χ3v) is 3.93. The van der Waals surface area contributed by atoms with Crippen LogP contribution in [-0.2, 0) is 0 Å². The number of halogens is 2. The number of anilines is 2. The number of hydrogen-bond donors (Lipinski definition) is 4. The quantitative estimate of drug-likeness (QED) is 0.580. The number of rotatable bonds is 3. The zero-order valence-corrected chi connectivity index (χ0v) is 13.5. The van der Waals surface area contributed by atoms with Crippen LogP contribution >= 0.6 is 11.6 Å². The lowest BCUT2D eigenvalue weighted by Crippen LogP contribution is -2.31. The summed E-state index contributed by atoms with van der Waals surface area (Å²) in [6.07, 6.45) is 0. The molecule has 2 amide bonds. The number of urea groups is 1. The van der Waals surface area contributed by atoms with Crippen LogP contribution in [0.4, 0.5) is 20.7 Å². The summed E-state index contributed by atoms with van der Waals surface area (Å²) in [4.78, 5) is 12.1.